The van der Waals surface area contributed by atoms with E-state index in [-0.39, 0.29) is 34.4 Å². The van der Waals surface area contributed by atoms with Gasteiger partial charge in [-0.1, -0.05) is 39.0 Å². The summed E-state index contributed by atoms with van der Waals surface area (Å²) in [6, 6.07) is 7.93. The molecule has 1 heterocycles. The molecule has 8 heteroatoms. The SMILES string of the molecule is CCCS(=O)(=O)N[C@H]1CC(C)(C)[C@@H]2C[C@@](C)(O)CC[C@]12CCC(=O)NCCc1c[nH]c2ccccc12. The number of H-pyrrole nitrogens is 1. The number of nitrogens with one attached hydrogen (secondary N) is 3. The van der Waals surface area contributed by atoms with Crippen LogP contribution in [-0.2, 0) is 21.2 Å². The normalized spacial score (nSPS) is 29.8. The Morgan fingerprint density at radius 3 is 2.67 bits per heavy atom. The summed E-state index contributed by atoms with van der Waals surface area (Å²) >= 11 is 0. The first-order valence-corrected chi connectivity index (χ1v) is 15.1. The molecule has 4 rings (SSSR count). The highest BCUT2D eigenvalue weighted by Crippen LogP contribution is 2.64. The van der Waals surface area contributed by atoms with Crippen LogP contribution in [0.15, 0.2) is 30.5 Å². The van der Waals surface area contributed by atoms with Crippen molar-refractivity contribution in [2.75, 3.05) is 12.3 Å². The van der Waals surface area contributed by atoms with E-state index >= 15 is 0 Å². The fourth-order valence-corrected chi connectivity index (χ4v) is 8.46. The van der Waals surface area contributed by atoms with Crippen LogP contribution in [0.25, 0.3) is 10.9 Å². The first-order chi connectivity index (χ1) is 16.9. The average Bonchev–Trinajstić information content (AvgIpc) is 3.28. The molecule has 200 valence electrons. The number of hydrogen-bond acceptors (Lipinski definition) is 4. The summed E-state index contributed by atoms with van der Waals surface area (Å²) in [5.74, 6) is 0.249. The highest BCUT2D eigenvalue weighted by atomic mass is 32.2. The number of aromatic amines is 1. The third-order valence-electron chi connectivity index (χ3n) is 8.84. The maximum absolute atomic E-state index is 12.9. The summed E-state index contributed by atoms with van der Waals surface area (Å²) in [5.41, 5.74) is 1.06. The lowest BCUT2D eigenvalue weighted by Crippen LogP contribution is -2.53. The number of hydrogen-bond donors (Lipinski definition) is 4. The van der Waals surface area contributed by atoms with Gasteiger partial charge in [0.1, 0.15) is 0 Å². The molecule has 2 saturated carbocycles. The van der Waals surface area contributed by atoms with Crippen molar-refractivity contribution in [2.45, 2.75) is 90.7 Å². The Labute approximate surface area is 215 Å². The predicted molar refractivity (Wildman–Crippen MR) is 144 cm³/mol. The van der Waals surface area contributed by atoms with Gasteiger partial charge in [-0.05, 0) is 80.2 Å². The molecule has 36 heavy (non-hydrogen) atoms. The first kappa shape index (κ1) is 27.1. The van der Waals surface area contributed by atoms with Gasteiger partial charge in [0.05, 0.1) is 11.4 Å². The molecule has 1 aromatic heterocycles. The number of sulfonamides is 1. The van der Waals surface area contributed by atoms with Crippen LogP contribution >= 0.6 is 0 Å². The fraction of sp³-hybridized carbons (Fsp3) is 0.679. The number of aliphatic hydroxyl groups is 1. The van der Waals surface area contributed by atoms with E-state index in [1.807, 2.05) is 38.2 Å². The standard InChI is InChI=1S/C28H43N3O4S/c1-5-16-36(34,35)31-24-18-26(2,3)23-17-27(4,33)13-14-28(23,24)12-10-25(32)29-15-11-20-19-30-22-9-7-6-8-21(20)22/h6-9,19,23-24,30-31,33H,5,10-18H2,1-4H3,(H,29,32)/t23-,24-,27-,28-/m0/s1. The molecule has 4 atom stereocenters. The second kappa shape index (κ2) is 10.1. The number of rotatable bonds is 10. The molecule has 0 radical (unpaired) electrons. The van der Waals surface area contributed by atoms with E-state index in [1.54, 1.807) is 0 Å². The molecule has 0 saturated heterocycles. The second-order valence-electron chi connectivity index (χ2n) is 12.1. The van der Waals surface area contributed by atoms with Crippen LogP contribution in [0.1, 0.15) is 78.2 Å². The van der Waals surface area contributed by atoms with E-state index in [9.17, 15) is 18.3 Å². The van der Waals surface area contributed by atoms with Gasteiger partial charge in [0, 0.05) is 36.1 Å². The van der Waals surface area contributed by atoms with Crippen molar-refractivity contribution in [3.8, 4) is 0 Å². The van der Waals surface area contributed by atoms with Crippen LogP contribution < -0.4 is 10.0 Å². The molecule has 0 spiro atoms. The molecule has 4 N–H and O–H groups in total. The Hall–Kier alpha value is -1.90. The summed E-state index contributed by atoms with van der Waals surface area (Å²) in [7, 11) is -3.39. The number of amides is 1. The lowest BCUT2D eigenvalue weighted by molar-refractivity contribution is -0.123. The highest BCUT2D eigenvalue weighted by molar-refractivity contribution is 7.89. The molecule has 0 bridgehead atoms. The Bertz CT molecular complexity index is 1190. The molecular formula is C28H43N3O4S. The molecule has 2 aliphatic carbocycles. The highest BCUT2D eigenvalue weighted by Gasteiger charge is 2.61. The minimum absolute atomic E-state index is 0.000159. The van der Waals surface area contributed by atoms with E-state index in [1.165, 1.54) is 10.9 Å². The number of para-hydroxylation sites is 1. The van der Waals surface area contributed by atoms with Gasteiger partial charge in [0.25, 0.3) is 0 Å². The van der Waals surface area contributed by atoms with E-state index in [0.717, 1.165) is 24.8 Å². The van der Waals surface area contributed by atoms with E-state index in [4.69, 9.17) is 0 Å². The van der Waals surface area contributed by atoms with Crippen LogP contribution in [-0.4, -0.2) is 48.4 Å². The predicted octanol–water partition coefficient (Wildman–Crippen LogP) is 4.27. The van der Waals surface area contributed by atoms with Crippen molar-refractivity contribution < 1.29 is 18.3 Å². The topological polar surface area (TPSA) is 111 Å². The summed E-state index contributed by atoms with van der Waals surface area (Å²) in [5, 5.41) is 15.2. The van der Waals surface area contributed by atoms with Crippen LogP contribution in [0.4, 0.5) is 0 Å². The molecule has 2 aliphatic rings. The zero-order valence-electron chi connectivity index (χ0n) is 22.2. The number of benzene rings is 1. The number of fused-ring (bicyclic) bond motifs is 2. The Kier molecular flexibility index (Phi) is 7.62. The second-order valence-corrected chi connectivity index (χ2v) is 14.0. The molecule has 0 unspecified atom stereocenters. The van der Waals surface area contributed by atoms with Gasteiger partial charge < -0.3 is 15.4 Å². The van der Waals surface area contributed by atoms with Gasteiger partial charge >= 0.3 is 0 Å². The third-order valence-corrected chi connectivity index (χ3v) is 10.4. The maximum Gasteiger partial charge on any atom is 0.220 e. The van der Waals surface area contributed by atoms with Crippen molar-refractivity contribution >= 4 is 26.8 Å². The molecular weight excluding hydrogens is 474 g/mol. The van der Waals surface area contributed by atoms with Gasteiger partial charge in [-0.25, -0.2) is 13.1 Å². The van der Waals surface area contributed by atoms with Crippen molar-refractivity contribution in [3.63, 3.8) is 0 Å². The van der Waals surface area contributed by atoms with E-state index < -0.39 is 15.6 Å². The largest absolute Gasteiger partial charge is 0.390 e. The Morgan fingerprint density at radius 2 is 1.92 bits per heavy atom. The maximum atomic E-state index is 12.9. The zero-order chi connectivity index (χ0) is 26.2. The molecule has 2 fully saturated rings. The molecule has 7 nitrogen and oxygen atoms in total. The molecule has 0 aliphatic heterocycles. The number of carbonyl (C=O) groups is 1. The van der Waals surface area contributed by atoms with Gasteiger partial charge in [-0.2, -0.15) is 0 Å². The summed E-state index contributed by atoms with van der Waals surface area (Å²) in [6.07, 6.45) is 6.98. The lowest BCUT2D eigenvalue weighted by atomic mass is 9.57. The summed E-state index contributed by atoms with van der Waals surface area (Å²) < 4.78 is 28.6. The van der Waals surface area contributed by atoms with Crippen LogP contribution in [0, 0.1) is 16.7 Å². The van der Waals surface area contributed by atoms with E-state index in [2.05, 4.69) is 34.9 Å². The first-order valence-electron chi connectivity index (χ1n) is 13.4. The molecule has 1 aromatic carbocycles. The van der Waals surface area contributed by atoms with Crippen molar-refractivity contribution in [3.05, 3.63) is 36.0 Å². The number of aromatic nitrogens is 1. The smallest absolute Gasteiger partial charge is 0.220 e. The number of carbonyl (C=O) groups excluding carboxylic acids is 1. The Balaban J connectivity index is 1.44. The van der Waals surface area contributed by atoms with E-state index in [0.29, 0.717) is 38.6 Å². The van der Waals surface area contributed by atoms with Crippen LogP contribution in [0.3, 0.4) is 0 Å². The van der Waals surface area contributed by atoms with Crippen LogP contribution in [0.5, 0.6) is 0 Å². The van der Waals surface area contributed by atoms with Gasteiger partial charge in [-0.15, -0.1) is 0 Å². The molecule has 1 amide bonds. The van der Waals surface area contributed by atoms with Gasteiger partial charge in [0.2, 0.25) is 15.9 Å². The lowest BCUT2D eigenvalue weighted by Gasteiger charge is -2.50. The summed E-state index contributed by atoms with van der Waals surface area (Å²) in [4.78, 5) is 16.2. The van der Waals surface area contributed by atoms with Gasteiger partial charge in [-0.3, -0.25) is 4.79 Å². The average molecular weight is 518 g/mol. The van der Waals surface area contributed by atoms with Crippen LogP contribution in [0.2, 0.25) is 0 Å². The summed E-state index contributed by atoms with van der Waals surface area (Å²) in [6.45, 7) is 8.68. The third kappa shape index (κ3) is 5.65. The van der Waals surface area contributed by atoms with Crippen molar-refractivity contribution in [2.24, 2.45) is 16.7 Å². The Morgan fingerprint density at radius 1 is 1.17 bits per heavy atom. The quantitative estimate of drug-likeness (QED) is 0.377. The van der Waals surface area contributed by atoms with Crippen molar-refractivity contribution in [1.29, 1.82) is 0 Å². The minimum atomic E-state index is -3.39. The molecule has 2 aromatic rings. The van der Waals surface area contributed by atoms with Gasteiger partial charge in [0.15, 0.2) is 0 Å². The minimum Gasteiger partial charge on any atom is -0.390 e. The monoisotopic (exact) mass is 517 g/mol. The zero-order valence-corrected chi connectivity index (χ0v) is 23.0. The fourth-order valence-electron chi connectivity index (χ4n) is 7.05. The van der Waals surface area contributed by atoms with Crippen molar-refractivity contribution in [1.82, 2.24) is 15.0 Å².